The van der Waals surface area contributed by atoms with Gasteiger partial charge in [0.15, 0.2) is 0 Å². The fraction of sp³-hybridized carbons (Fsp3) is 0.923. The van der Waals surface area contributed by atoms with Crippen LogP contribution in [0.3, 0.4) is 0 Å². The summed E-state index contributed by atoms with van der Waals surface area (Å²) in [5, 5.41) is 6.17. The van der Waals surface area contributed by atoms with Crippen molar-refractivity contribution in [2.75, 3.05) is 19.7 Å². The van der Waals surface area contributed by atoms with Gasteiger partial charge in [0.25, 0.3) is 0 Å². The highest BCUT2D eigenvalue weighted by molar-refractivity contribution is 5.81. The summed E-state index contributed by atoms with van der Waals surface area (Å²) in [7, 11) is 0. The van der Waals surface area contributed by atoms with Gasteiger partial charge in [-0.2, -0.15) is 0 Å². The number of hydrogen-bond acceptors (Lipinski definition) is 3. The highest BCUT2D eigenvalue weighted by Gasteiger charge is 2.16. The van der Waals surface area contributed by atoms with Gasteiger partial charge in [-0.15, -0.1) is 0 Å². The fourth-order valence-electron chi connectivity index (χ4n) is 1.88. The zero-order valence-corrected chi connectivity index (χ0v) is 11.3. The lowest BCUT2D eigenvalue weighted by Crippen LogP contribution is -2.44. The quantitative estimate of drug-likeness (QED) is 0.707. The predicted octanol–water partition coefficient (Wildman–Crippen LogP) is 1.31. The van der Waals surface area contributed by atoms with Gasteiger partial charge in [0, 0.05) is 13.2 Å². The second-order valence-electron chi connectivity index (χ2n) is 5.24. The lowest BCUT2D eigenvalue weighted by molar-refractivity contribution is -0.122. The first-order valence-electron chi connectivity index (χ1n) is 6.72. The predicted molar refractivity (Wildman–Crippen MR) is 68.9 cm³/mol. The van der Waals surface area contributed by atoms with Gasteiger partial charge in [0.2, 0.25) is 5.91 Å². The van der Waals surface area contributed by atoms with Crippen LogP contribution in [0.4, 0.5) is 0 Å². The summed E-state index contributed by atoms with van der Waals surface area (Å²) in [6.07, 6.45) is 3.74. The Morgan fingerprint density at radius 3 is 2.76 bits per heavy atom. The van der Waals surface area contributed by atoms with E-state index in [1.165, 1.54) is 6.42 Å². The summed E-state index contributed by atoms with van der Waals surface area (Å²) in [5.41, 5.74) is 0. The van der Waals surface area contributed by atoms with Gasteiger partial charge in [-0.25, -0.2) is 0 Å². The van der Waals surface area contributed by atoms with Crippen LogP contribution in [0.1, 0.15) is 40.0 Å². The van der Waals surface area contributed by atoms with E-state index in [0.717, 1.165) is 32.5 Å². The lowest BCUT2D eigenvalue weighted by Gasteiger charge is -2.16. The third kappa shape index (κ3) is 6.03. The van der Waals surface area contributed by atoms with Crippen molar-refractivity contribution in [3.8, 4) is 0 Å². The minimum absolute atomic E-state index is 0.0889. The molecule has 4 nitrogen and oxygen atoms in total. The van der Waals surface area contributed by atoms with Crippen LogP contribution < -0.4 is 10.6 Å². The highest BCUT2D eigenvalue weighted by Crippen LogP contribution is 2.14. The van der Waals surface area contributed by atoms with Crippen LogP contribution in [0.5, 0.6) is 0 Å². The van der Waals surface area contributed by atoms with Crippen LogP contribution in [0.2, 0.25) is 0 Å². The van der Waals surface area contributed by atoms with E-state index in [4.69, 9.17) is 4.74 Å². The number of hydrogen-bond donors (Lipinski definition) is 2. The van der Waals surface area contributed by atoms with E-state index in [1.807, 2.05) is 6.92 Å². The molecule has 2 unspecified atom stereocenters. The summed E-state index contributed by atoms with van der Waals surface area (Å²) < 4.78 is 5.53. The molecule has 0 saturated carbocycles. The molecule has 1 amide bonds. The van der Waals surface area contributed by atoms with Crippen molar-refractivity contribution in [3.05, 3.63) is 0 Å². The summed E-state index contributed by atoms with van der Waals surface area (Å²) >= 11 is 0. The molecular weight excluding hydrogens is 216 g/mol. The second-order valence-corrected chi connectivity index (χ2v) is 5.24. The van der Waals surface area contributed by atoms with Gasteiger partial charge in [-0.05, 0) is 38.6 Å². The van der Waals surface area contributed by atoms with Crippen molar-refractivity contribution in [2.45, 2.75) is 52.2 Å². The second kappa shape index (κ2) is 7.67. The summed E-state index contributed by atoms with van der Waals surface area (Å²) in [6, 6.07) is -0.116. The first-order chi connectivity index (χ1) is 8.09. The normalized spacial score (nSPS) is 21.8. The molecule has 17 heavy (non-hydrogen) atoms. The monoisotopic (exact) mass is 242 g/mol. The van der Waals surface area contributed by atoms with Gasteiger partial charge >= 0.3 is 0 Å². The Balaban J connectivity index is 2.06. The van der Waals surface area contributed by atoms with Crippen LogP contribution in [0.25, 0.3) is 0 Å². The van der Waals surface area contributed by atoms with Crippen LogP contribution in [-0.2, 0) is 9.53 Å². The maximum absolute atomic E-state index is 11.7. The number of carbonyl (C=O) groups excluding carboxylic acids is 1. The first-order valence-corrected chi connectivity index (χ1v) is 6.72. The third-order valence-electron chi connectivity index (χ3n) is 3.02. The minimum Gasteiger partial charge on any atom is -0.378 e. The molecule has 0 radical (unpaired) electrons. The van der Waals surface area contributed by atoms with Crippen molar-refractivity contribution in [1.29, 1.82) is 0 Å². The average Bonchev–Trinajstić information content (AvgIpc) is 2.78. The first kappa shape index (κ1) is 14.5. The molecule has 1 fully saturated rings. The molecule has 0 bridgehead atoms. The molecule has 1 rings (SSSR count). The minimum atomic E-state index is -0.116. The number of rotatable bonds is 7. The van der Waals surface area contributed by atoms with Crippen molar-refractivity contribution < 1.29 is 9.53 Å². The van der Waals surface area contributed by atoms with Crippen molar-refractivity contribution in [1.82, 2.24) is 10.6 Å². The van der Waals surface area contributed by atoms with Gasteiger partial charge in [0.05, 0.1) is 12.1 Å². The zero-order valence-electron chi connectivity index (χ0n) is 11.3. The van der Waals surface area contributed by atoms with E-state index in [0.29, 0.717) is 12.0 Å². The Labute approximate surface area is 104 Å². The number of ether oxygens (including phenoxy) is 1. The van der Waals surface area contributed by atoms with Crippen LogP contribution in [-0.4, -0.2) is 37.7 Å². The molecule has 1 saturated heterocycles. The Morgan fingerprint density at radius 1 is 1.41 bits per heavy atom. The molecule has 1 heterocycles. The van der Waals surface area contributed by atoms with Gasteiger partial charge in [-0.3, -0.25) is 4.79 Å². The van der Waals surface area contributed by atoms with E-state index in [1.54, 1.807) is 0 Å². The molecule has 0 aliphatic carbocycles. The highest BCUT2D eigenvalue weighted by atomic mass is 16.5. The van der Waals surface area contributed by atoms with Crippen LogP contribution in [0.15, 0.2) is 0 Å². The van der Waals surface area contributed by atoms with E-state index in [2.05, 4.69) is 24.5 Å². The standard InChI is InChI=1S/C13H26N2O2/c1-10(2)9-15-13(16)11(3)14-7-6-12-5-4-8-17-12/h10-12,14H,4-9H2,1-3H3,(H,15,16). The Morgan fingerprint density at radius 2 is 2.18 bits per heavy atom. The average molecular weight is 242 g/mol. The largest absolute Gasteiger partial charge is 0.378 e. The zero-order chi connectivity index (χ0) is 12.7. The van der Waals surface area contributed by atoms with Gasteiger partial charge in [0.1, 0.15) is 0 Å². The maximum atomic E-state index is 11.7. The van der Waals surface area contributed by atoms with Crippen LogP contribution in [0, 0.1) is 5.92 Å². The Kier molecular flexibility index (Phi) is 6.52. The topological polar surface area (TPSA) is 50.4 Å². The maximum Gasteiger partial charge on any atom is 0.236 e. The molecule has 0 aromatic carbocycles. The smallest absolute Gasteiger partial charge is 0.236 e. The van der Waals surface area contributed by atoms with E-state index >= 15 is 0 Å². The fourth-order valence-corrected chi connectivity index (χ4v) is 1.88. The Bertz CT molecular complexity index is 225. The van der Waals surface area contributed by atoms with Crippen molar-refractivity contribution in [2.24, 2.45) is 5.92 Å². The van der Waals surface area contributed by atoms with E-state index < -0.39 is 0 Å². The molecule has 0 spiro atoms. The summed E-state index contributed by atoms with van der Waals surface area (Å²) in [5.74, 6) is 0.587. The Hall–Kier alpha value is -0.610. The summed E-state index contributed by atoms with van der Waals surface area (Å²) in [6.45, 7) is 8.59. The van der Waals surface area contributed by atoms with Crippen molar-refractivity contribution in [3.63, 3.8) is 0 Å². The molecule has 1 aliphatic heterocycles. The molecule has 2 atom stereocenters. The van der Waals surface area contributed by atoms with Crippen LogP contribution >= 0.6 is 0 Å². The van der Waals surface area contributed by atoms with E-state index in [9.17, 15) is 4.79 Å². The summed E-state index contributed by atoms with van der Waals surface area (Å²) in [4.78, 5) is 11.7. The molecular formula is C13H26N2O2. The number of nitrogens with one attached hydrogen (secondary N) is 2. The molecule has 100 valence electrons. The third-order valence-corrected chi connectivity index (χ3v) is 3.02. The van der Waals surface area contributed by atoms with Gasteiger partial charge < -0.3 is 15.4 Å². The van der Waals surface area contributed by atoms with Gasteiger partial charge in [-0.1, -0.05) is 13.8 Å². The molecule has 1 aliphatic rings. The van der Waals surface area contributed by atoms with Crippen molar-refractivity contribution >= 4 is 5.91 Å². The lowest BCUT2D eigenvalue weighted by atomic mass is 10.1. The number of amides is 1. The molecule has 0 aromatic rings. The number of carbonyl (C=O) groups is 1. The SMILES string of the molecule is CC(C)CNC(=O)C(C)NCCC1CCCO1. The molecule has 0 aromatic heterocycles. The van der Waals surface area contributed by atoms with E-state index in [-0.39, 0.29) is 11.9 Å². The molecule has 4 heteroatoms. The molecule has 2 N–H and O–H groups in total.